The molecule has 2 unspecified atom stereocenters. The van der Waals surface area contributed by atoms with Crippen LogP contribution < -0.4 is 10.4 Å². The maximum absolute atomic E-state index is 11.0. The quantitative estimate of drug-likeness (QED) is 0.784. The van der Waals surface area contributed by atoms with Crippen molar-refractivity contribution >= 4 is 0 Å². The zero-order valence-corrected chi connectivity index (χ0v) is 9.22. The monoisotopic (exact) mass is 221 g/mol. The Labute approximate surface area is 93.4 Å². The van der Waals surface area contributed by atoms with E-state index in [-0.39, 0.29) is 11.8 Å². The minimum atomic E-state index is -0.351. The predicted molar refractivity (Wildman–Crippen MR) is 58.5 cm³/mol. The molecule has 1 aromatic rings. The number of ether oxygens (including phenoxy) is 1. The van der Waals surface area contributed by atoms with Gasteiger partial charge in [-0.2, -0.15) is 0 Å². The van der Waals surface area contributed by atoms with E-state index in [1.54, 1.807) is 6.07 Å². The summed E-state index contributed by atoms with van der Waals surface area (Å²) in [6.45, 7) is 0. The van der Waals surface area contributed by atoms with Crippen molar-refractivity contribution in [3.63, 3.8) is 0 Å². The van der Waals surface area contributed by atoms with Crippen molar-refractivity contribution in [1.82, 2.24) is 14.9 Å². The van der Waals surface area contributed by atoms with Crippen LogP contribution in [0.2, 0.25) is 0 Å². The molecule has 2 aliphatic heterocycles. The lowest BCUT2D eigenvalue weighted by Gasteiger charge is -2.53. The molecule has 3 aliphatic rings. The summed E-state index contributed by atoms with van der Waals surface area (Å²) >= 11 is 0. The molecule has 5 nitrogen and oxygen atoms in total. The van der Waals surface area contributed by atoms with Crippen molar-refractivity contribution in [3.8, 4) is 5.88 Å². The van der Waals surface area contributed by atoms with Gasteiger partial charge in [-0.1, -0.05) is 0 Å². The average molecular weight is 221 g/mol. The van der Waals surface area contributed by atoms with Gasteiger partial charge in [0, 0.05) is 24.3 Å². The van der Waals surface area contributed by atoms with Gasteiger partial charge in [0.05, 0.1) is 0 Å². The van der Waals surface area contributed by atoms with Crippen LogP contribution in [-0.4, -0.2) is 40.1 Å². The first kappa shape index (κ1) is 9.84. The molecule has 1 aliphatic carbocycles. The molecule has 2 saturated heterocycles. The first-order chi connectivity index (χ1) is 7.72. The maximum Gasteiger partial charge on any atom is 0.347 e. The van der Waals surface area contributed by atoms with Crippen LogP contribution >= 0.6 is 0 Å². The minimum absolute atomic E-state index is 0.234. The zero-order chi connectivity index (χ0) is 11.1. The fraction of sp³-hybridized carbons (Fsp3) is 0.636. The summed E-state index contributed by atoms with van der Waals surface area (Å²) in [5.74, 6) is 0.536. The standard InChI is InChI=1S/C11H15N3O2/c1-14-7-4-8(14)6-9(5-7)16-10-2-3-12-11(15)13-10/h2-3,7-9H,4-6H2,1H3,(H,12,13,15). The topological polar surface area (TPSA) is 58.2 Å². The highest BCUT2D eigenvalue weighted by molar-refractivity contribution is 5.07. The Hall–Kier alpha value is -1.36. The van der Waals surface area contributed by atoms with E-state index in [9.17, 15) is 4.79 Å². The molecular formula is C11H15N3O2. The fourth-order valence-corrected chi connectivity index (χ4v) is 2.73. The Morgan fingerprint density at radius 1 is 1.44 bits per heavy atom. The smallest absolute Gasteiger partial charge is 0.347 e. The third kappa shape index (κ3) is 1.61. The van der Waals surface area contributed by atoms with E-state index < -0.39 is 0 Å². The SMILES string of the molecule is CN1C2CC(Oc3ccnc(=O)[nH]3)CC1C2. The highest BCUT2D eigenvalue weighted by Crippen LogP contribution is 2.37. The predicted octanol–water partition coefficient (Wildman–Crippen LogP) is 0.384. The number of nitrogens with zero attached hydrogens (tertiary/aromatic N) is 2. The van der Waals surface area contributed by atoms with Gasteiger partial charge < -0.3 is 9.64 Å². The Bertz CT molecular complexity index is 433. The van der Waals surface area contributed by atoms with E-state index in [1.807, 2.05) is 0 Å². The van der Waals surface area contributed by atoms with Crippen molar-refractivity contribution in [2.24, 2.45) is 0 Å². The normalized spacial score (nSPS) is 33.2. The van der Waals surface area contributed by atoms with Gasteiger partial charge in [-0.3, -0.25) is 4.98 Å². The highest BCUT2D eigenvalue weighted by atomic mass is 16.5. The summed E-state index contributed by atoms with van der Waals surface area (Å²) in [6, 6.07) is 3.03. The second-order valence-electron chi connectivity index (χ2n) is 4.66. The van der Waals surface area contributed by atoms with Gasteiger partial charge in [0.25, 0.3) is 0 Å². The van der Waals surface area contributed by atoms with E-state index >= 15 is 0 Å². The van der Waals surface area contributed by atoms with E-state index in [1.165, 1.54) is 12.6 Å². The number of fused-ring (bicyclic) bond motifs is 2. The van der Waals surface area contributed by atoms with E-state index in [2.05, 4.69) is 21.9 Å². The van der Waals surface area contributed by atoms with Crippen LogP contribution in [0.5, 0.6) is 5.88 Å². The second kappa shape index (κ2) is 3.59. The van der Waals surface area contributed by atoms with E-state index in [4.69, 9.17) is 4.74 Å². The molecule has 0 radical (unpaired) electrons. The van der Waals surface area contributed by atoms with Gasteiger partial charge in [0.15, 0.2) is 5.88 Å². The zero-order valence-electron chi connectivity index (χ0n) is 9.22. The van der Waals surface area contributed by atoms with Crippen molar-refractivity contribution in [2.75, 3.05) is 7.05 Å². The van der Waals surface area contributed by atoms with Gasteiger partial charge >= 0.3 is 5.69 Å². The summed E-state index contributed by atoms with van der Waals surface area (Å²) in [7, 11) is 2.17. The van der Waals surface area contributed by atoms with E-state index in [0.717, 1.165) is 12.8 Å². The molecule has 1 N–H and O–H groups in total. The van der Waals surface area contributed by atoms with Crippen LogP contribution in [-0.2, 0) is 0 Å². The van der Waals surface area contributed by atoms with Crippen LogP contribution in [0, 0.1) is 0 Å². The van der Waals surface area contributed by atoms with Gasteiger partial charge in [-0.25, -0.2) is 9.78 Å². The van der Waals surface area contributed by atoms with Crippen molar-refractivity contribution < 1.29 is 4.74 Å². The van der Waals surface area contributed by atoms with Crippen LogP contribution in [0.1, 0.15) is 19.3 Å². The molecule has 3 heterocycles. The molecule has 5 heteroatoms. The van der Waals surface area contributed by atoms with Crippen LogP contribution in [0.15, 0.2) is 17.1 Å². The Morgan fingerprint density at radius 3 is 2.81 bits per heavy atom. The third-order valence-corrected chi connectivity index (χ3v) is 3.71. The summed E-state index contributed by atoms with van der Waals surface area (Å²) in [5, 5.41) is 0. The molecular weight excluding hydrogens is 206 g/mol. The van der Waals surface area contributed by atoms with Crippen LogP contribution in [0.4, 0.5) is 0 Å². The maximum atomic E-state index is 11.0. The van der Waals surface area contributed by atoms with Gasteiger partial charge in [-0.05, 0) is 26.3 Å². The number of piperidine rings is 1. The number of hydrogen-bond donors (Lipinski definition) is 1. The van der Waals surface area contributed by atoms with Crippen molar-refractivity contribution in [1.29, 1.82) is 0 Å². The third-order valence-electron chi connectivity index (χ3n) is 3.71. The van der Waals surface area contributed by atoms with Crippen molar-refractivity contribution in [3.05, 3.63) is 22.7 Å². The molecule has 1 aromatic heterocycles. The van der Waals surface area contributed by atoms with Gasteiger partial charge in [-0.15, -0.1) is 0 Å². The second-order valence-corrected chi connectivity index (χ2v) is 4.66. The lowest BCUT2D eigenvalue weighted by Crippen LogP contribution is -2.60. The number of aromatic nitrogens is 2. The first-order valence-electron chi connectivity index (χ1n) is 5.66. The summed E-state index contributed by atoms with van der Waals surface area (Å²) in [5.41, 5.74) is -0.351. The van der Waals surface area contributed by atoms with Crippen molar-refractivity contribution in [2.45, 2.75) is 37.5 Å². The molecule has 0 amide bonds. The number of aromatic amines is 1. The minimum Gasteiger partial charge on any atom is -0.475 e. The molecule has 86 valence electrons. The van der Waals surface area contributed by atoms with Gasteiger partial charge in [0.2, 0.25) is 0 Å². The number of nitrogens with one attached hydrogen (secondary N) is 1. The lowest BCUT2D eigenvalue weighted by molar-refractivity contribution is -0.0570. The number of rotatable bonds is 2. The molecule has 0 aromatic carbocycles. The van der Waals surface area contributed by atoms with Crippen LogP contribution in [0.3, 0.4) is 0 Å². The summed E-state index contributed by atoms with van der Waals surface area (Å²) in [4.78, 5) is 19.6. The molecule has 3 fully saturated rings. The van der Waals surface area contributed by atoms with Gasteiger partial charge in [0.1, 0.15) is 6.10 Å². The van der Waals surface area contributed by atoms with E-state index in [0.29, 0.717) is 18.0 Å². The fourth-order valence-electron chi connectivity index (χ4n) is 2.73. The van der Waals surface area contributed by atoms with Crippen LogP contribution in [0.25, 0.3) is 0 Å². The number of hydrogen-bond acceptors (Lipinski definition) is 4. The Morgan fingerprint density at radius 2 is 2.19 bits per heavy atom. The summed E-state index contributed by atoms with van der Waals surface area (Å²) < 4.78 is 5.76. The molecule has 1 saturated carbocycles. The molecule has 4 rings (SSSR count). The summed E-state index contributed by atoms with van der Waals surface area (Å²) in [6.07, 6.45) is 5.11. The molecule has 2 bridgehead atoms. The largest absolute Gasteiger partial charge is 0.475 e. The number of H-pyrrole nitrogens is 1. The first-order valence-corrected chi connectivity index (χ1v) is 5.66. The lowest BCUT2D eigenvalue weighted by atomic mass is 9.79. The molecule has 0 spiro atoms. The molecule has 2 atom stereocenters. The Balaban J connectivity index is 1.66. The Kier molecular flexibility index (Phi) is 2.21. The highest BCUT2D eigenvalue weighted by Gasteiger charge is 2.43. The average Bonchev–Trinajstić information content (AvgIpc) is 2.28. The molecule has 16 heavy (non-hydrogen) atoms.